The zero-order valence-corrected chi connectivity index (χ0v) is 17.8. The molecule has 2 heterocycles. The van der Waals surface area contributed by atoms with Gasteiger partial charge in [-0.1, -0.05) is 30.3 Å². The second-order valence-corrected chi connectivity index (χ2v) is 7.91. The molecule has 8 heteroatoms. The summed E-state index contributed by atoms with van der Waals surface area (Å²) in [6.45, 7) is -0.0741. The van der Waals surface area contributed by atoms with E-state index in [-0.39, 0.29) is 24.1 Å². The van der Waals surface area contributed by atoms with Gasteiger partial charge in [-0.3, -0.25) is 9.59 Å². The summed E-state index contributed by atoms with van der Waals surface area (Å²) in [7, 11) is 0. The Labute approximate surface area is 188 Å². The lowest BCUT2D eigenvalue weighted by molar-refractivity contribution is -0.118. The standard InChI is InChI=1S/C24H20N2O5S/c27-21(19-13-25-20-9-3-1-7-17(19)20)14-31-24(29)18-8-2-4-10-22(18)32-15-23(28)26-12-16-6-5-11-30-16/h1-11,13,25H,12,14-15H2,(H,26,28). The Kier molecular flexibility index (Phi) is 6.72. The van der Waals surface area contributed by atoms with Crippen LogP contribution in [0.2, 0.25) is 0 Å². The number of Topliss-reactive ketones (excluding diaryl/α,β-unsaturated/α-hetero) is 1. The maximum Gasteiger partial charge on any atom is 0.339 e. The van der Waals surface area contributed by atoms with E-state index in [4.69, 9.17) is 9.15 Å². The van der Waals surface area contributed by atoms with E-state index in [1.807, 2.05) is 24.3 Å². The van der Waals surface area contributed by atoms with Crippen LogP contribution in [0.5, 0.6) is 0 Å². The molecule has 0 aliphatic heterocycles. The van der Waals surface area contributed by atoms with Crippen molar-refractivity contribution in [3.05, 3.63) is 90.0 Å². The Bertz CT molecular complexity index is 1250. The highest BCUT2D eigenvalue weighted by molar-refractivity contribution is 8.00. The number of hydrogen-bond donors (Lipinski definition) is 2. The van der Waals surface area contributed by atoms with Crippen LogP contribution >= 0.6 is 11.8 Å². The fourth-order valence-electron chi connectivity index (χ4n) is 3.14. The molecule has 4 rings (SSSR count). The molecule has 0 radical (unpaired) electrons. The van der Waals surface area contributed by atoms with Gasteiger partial charge in [0.15, 0.2) is 6.61 Å². The molecule has 0 unspecified atom stereocenters. The number of H-pyrrole nitrogens is 1. The molecule has 4 aromatic rings. The molecule has 0 fully saturated rings. The van der Waals surface area contributed by atoms with Gasteiger partial charge in [0.2, 0.25) is 11.7 Å². The van der Waals surface area contributed by atoms with Crippen LogP contribution in [0.25, 0.3) is 10.9 Å². The number of thioether (sulfide) groups is 1. The molecule has 0 saturated carbocycles. The van der Waals surface area contributed by atoms with Crippen LogP contribution in [0.3, 0.4) is 0 Å². The number of para-hydroxylation sites is 1. The van der Waals surface area contributed by atoms with E-state index in [1.165, 1.54) is 11.8 Å². The second-order valence-electron chi connectivity index (χ2n) is 6.89. The number of ketones is 1. The van der Waals surface area contributed by atoms with Crippen LogP contribution in [0.4, 0.5) is 0 Å². The van der Waals surface area contributed by atoms with Gasteiger partial charge < -0.3 is 19.5 Å². The van der Waals surface area contributed by atoms with Gasteiger partial charge in [0.05, 0.1) is 24.1 Å². The molecule has 162 valence electrons. The van der Waals surface area contributed by atoms with Crippen molar-refractivity contribution in [3.8, 4) is 0 Å². The number of carbonyl (C=O) groups excluding carboxylic acids is 3. The summed E-state index contributed by atoms with van der Waals surface area (Å²) in [5, 5.41) is 3.54. The zero-order valence-electron chi connectivity index (χ0n) is 17.0. The van der Waals surface area contributed by atoms with Crippen LogP contribution in [0, 0.1) is 0 Å². The molecule has 0 aliphatic carbocycles. The molecule has 2 aromatic carbocycles. The molecule has 0 atom stereocenters. The van der Waals surface area contributed by atoms with Crippen molar-refractivity contribution in [1.29, 1.82) is 0 Å². The third-order valence-corrected chi connectivity index (χ3v) is 5.80. The Morgan fingerprint density at radius 1 is 0.969 bits per heavy atom. The quantitative estimate of drug-likeness (QED) is 0.226. The van der Waals surface area contributed by atoms with E-state index in [1.54, 1.807) is 48.9 Å². The number of amides is 1. The normalized spacial score (nSPS) is 10.8. The number of carbonyl (C=O) groups is 3. The average Bonchev–Trinajstić information content (AvgIpc) is 3.50. The smallest absolute Gasteiger partial charge is 0.339 e. The maximum absolute atomic E-state index is 12.6. The molecule has 2 aromatic heterocycles. The molecule has 0 spiro atoms. The highest BCUT2D eigenvalue weighted by Gasteiger charge is 2.18. The summed E-state index contributed by atoms with van der Waals surface area (Å²) < 4.78 is 10.5. The van der Waals surface area contributed by atoms with Gasteiger partial charge in [0.25, 0.3) is 0 Å². The Morgan fingerprint density at radius 3 is 2.62 bits per heavy atom. The first-order chi connectivity index (χ1) is 15.6. The van der Waals surface area contributed by atoms with Crippen molar-refractivity contribution >= 4 is 40.3 Å². The average molecular weight is 449 g/mol. The molecule has 32 heavy (non-hydrogen) atoms. The van der Waals surface area contributed by atoms with Gasteiger partial charge in [-0.25, -0.2) is 4.79 Å². The molecule has 0 aliphatic rings. The SMILES string of the molecule is O=C(CSc1ccccc1C(=O)OCC(=O)c1c[nH]c2ccccc12)NCc1ccco1. The van der Waals surface area contributed by atoms with Crippen LogP contribution in [0.1, 0.15) is 26.5 Å². The topological polar surface area (TPSA) is 101 Å². The summed E-state index contributed by atoms with van der Waals surface area (Å²) in [4.78, 5) is 40.9. The Hall–Kier alpha value is -3.78. The predicted molar refractivity (Wildman–Crippen MR) is 121 cm³/mol. The molecular formula is C24H20N2O5S. The summed E-state index contributed by atoms with van der Waals surface area (Å²) >= 11 is 1.22. The first-order valence-electron chi connectivity index (χ1n) is 9.89. The first kappa shape index (κ1) is 21.5. The van der Waals surface area contributed by atoms with E-state index in [2.05, 4.69) is 10.3 Å². The minimum Gasteiger partial charge on any atom is -0.467 e. The van der Waals surface area contributed by atoms with Crippen molar-refractivity contribution in [2.45, 2.75) is 11.4 Å². The van der Waals surface area contributed by atoms with Crippen LogP contribution in [-0.4, -0.2) is 35.0 Å². The number of aromatic nitrogens is 1. The van der Waals surface area contributed by atoms with E-state index < -0.39 is 5.97 Å². The lowest BCUT2D eigenvalue weighted by Gasteiger charge is -2.09. The molecular weight excluding hydrogens is 428 g/mol. The number of fused-ring (bicyclic) bond motifs is 1. The Morgan fingerprint density at radius 2 is 1.78 bits per heavy atom. The zero-order chi connectivity index (χ0) is 22.3. The van der Waals surface area contributed by atoms with E-state index in [9.17, 15) is 14.4 Å². The maximum atomic E-state index is 12.6. The molecule has 7 nitrogen and oxygen atoms in total. The number of furan rings is 1. The third-order valence-electron chi connectivity index (χ3n) is 4.73. The summed E-state index contributed by atoms with van der Waals surface area (Å²) in [5.74, 6) is -0.314. The highest BCUT2D eigenvalue weighted by Crippen LogP contribution is 2.24. The monoisotopic (exact) mass is 448 g/mol. The largest absolute Gasteiger partial charge is 0.467 e. The number of hydrogen-bond acceptors (Lipinski definition) is 6. The second kappa shape index (κ2) is 10.0. The number of esters is 1. The summed E-state index contributed by atoms with van der Waals surface area (Å²) in [6, 6.07) is 17.8. The predicted octanol–water partition coefficient (Wildman–Crippen LogP) is 4.21. The fraction of sp³-hybridized carbons (Fsp3) is 0.125. The Balaban J connectivity index is 1.33. The molecule has 0 saturated heterocycles. The molecule has 0 bridgehead atoms. The van der Waals surface area contributed by atoms with Gasteiger partial charge >= 0.3 is 5.97 Å². The van der Waals surface area contributed by atoms with Gasteiger partial charge in [-0.15, -0.1) is 11.8 Å². The van der Waals surface area contributed by atoms with Gasteiger partial charge in [-0.2, -0.15) is 0 Å². The number of nitrogens with one attached hydrogen (secondary N) is 2. The summed E-state index contributed by atoms with van der Waals surface area (Å²) in [5.41, 5.74) is 1.63. The van der Waals surface area contributed by atoms with Crippen molar-refractivity contribution < 1.29 is 23.5 Å². The first-order valence-corrected chi connectivity index (χ1v) is 10.9. The minimum absolute atomic E-state index is 0.124. The van der Waals surface area contributed by atoms with Crippen molar-refractivity contribution in [3.63, 3.8) is 0 Å². The number of benzene rings is 2. The van der Waals surface area contributed by atoms with E-state index in [0.29, 0.717) is 28.3 Å². The van der Waals surface area contributed by atoms with Crippen LogP contribution < -0.4 is 5.32 Å². The van der Waals surface area contributed by atoms with Crippen LogP contribution in [0.15, 0.2) is 82.4 Å². The number of aromatic amines is 1. The minimum atomic E-state index is -0.614. The van der Waals surface area contributed by atoms with Crippen molar-refractivity contribution in [2.24, 2.45) is 0 Å². The van der Waals surface area contributed by atoms with Gasteiger partial charge in [0.1, 0.15) is 5.76 Å². The number of rotatable bonds is 9. The molecule has 2 N–H and O–H groups in total. The van der Waals surface area contributed by atoms with Crippen LogP contribution in [-0.2, 0) is 16.1 Å². The van der Waals surface area contributed by atoms with Crippen molar-refractivity contribution in [2.75, 3.05) is 12.4 Å². The lowest BCUT2D eigenvalue weighted by atomic mass is 10.1. The number of ether oxygens (including phenoxy) is 1. The van der Waals surface area contributed by atoms with Gasteiger partial charge in [-0.05, 0) is 30.3 Å². The van der Waals surface area contributed by atoms with Crippen molar-refractivity contribution in [1.82, 2.24) is 10.3 Å². The van der Waals surface area contributed by atoms with E-state index in [0.717, 1.165) is 10.9 Å². The van der Waals surface area contributed by atoms with Gasteiger partial charge in [0, 0.05) is 27.6 Å². The highest BCUT2D eigenvalue weighted by atomic mass is 32.2. The summed E-state index contributed by atoms with van der Waals surface area (Å²) in [6.07, 6.45) is 3.16. The lowest BCUT2D eigenvalue weighted by Crippen LogP contribution is -2.24. The van der Waals surface area contributed by atoms with E-state index >= 15 is 0 Å². The fourth-order valence-corrected chi connectivity index (χ4v) is 4.01. The third kappa shape index (κ3) is 5.09. The molecule has 1 amide bonds.